The third-order valence-corrected chi connectivity index (χ3v) is 4.85. The van der Waals surface area contributed by atoms with E-state index in [-0.39, 0.29) is 17.5 Å². The predicted octanol–water partition coefficient (Wildman–Crippen LogP) is 4.22. The van der Waals surface area contributed by atoms with Gasteiger partial charge in [0.25, 0.3) is 0 Å². The molecule has 136 valence electrons. The van der Waals surface area contributed by atoms with Gasteiger partial charge in [-0.2, -0.15) is 0 Å². The Morgan fingerprint density at radius 3 is 2.48 bits per heavy atom. The predicted molar refractivity (Wildman–Crippen MR) is 101 cm³/mol. The van der Waals surface area contributed by atoms with Gasteiger partial charge in [0.1, 0.15) is 17.3 Å². The summed E-state index contributed by atoms with van der Waals surface area (Å²) in [6.45, 7) is 0.337. The van der Waals surface area contributed by atoms with Crippen LogP contribution in [0.2, 0.25) is 0 Å². The highest BCUT2D eigenvalue weighted by Crippen LogP contribution is 2.44. The van der Waals surface area contributed by atoms with Crippen molar-refractivity contribution in [3.05, 3.63) is 89.2 Å². The highest BCUT2D eigenvalue weighted by atomic mass is 19.1. The Kier molecular flexibility index (Phi) is 4.28. The molecular weight excluding hydrogens is 345 g/mol. The molecule has 0 bridgehead atoms. The average Bonchev–Trinajstić information content (AvgIpc) is 2.95. The SMILES string of the molecule is COc1ccc(C2C(=O)N(Cc3ccc(F)cc3)c3ccccc32)c(O)c1. The first-order valence-corrected chi connectivity index (χ1v) is 8.60. The molecule has 5 heteroatoms. The maximum absolute atomic E-state index is 13.3. The number of hydrogen-bond acceptors (Lipinski definition) is 3. The molecule has 0 saturated carbocycles. The van der Waals surface area contributed by atoms with Crippen LogP contribution >= 0.6 is 0 Å². The molecule has 0 radical (unpaired) electrons. The minimum Gasteiger partial charge on any atom is -0.507 e. The number of aromatic hydroxyl groups is 1. The van der Waals surface area contributed by atoms with Gasteiger partial charge < -0.3 is 14.7 Å². The van der Waals surface area contributed by atoms with E-state index in [0.717, 1.165) is 16.8 Å². The molecule has 0 aliphatic carbocycles. The summed E-state index contributed by atoms with van der Waals surface area (Å²) in [4.78, 5) is 14.9. The first kappa shape index (κ1) is 17.1. The van der Waals surface area contributed by atoms with Crippen molar-refractivity contribution in [2.75, 3.05) is 12.0 Å². The van der Waals surface area contributed by atoms with Crippen molar-refractivity contribution in [1.29, 1.82) is 0 Å². The molecule has 1 aliphatic rings. The highest BCUT2D eigenvalue weighted by molar-refractivity contribution is 6.07. The second-order valence-corrected chi connectivity index (χ2v) is 6.47. The maximum Gasteiger partial charge on any atom is 0.239 e. The normalized spacial score (nSPS) is 15.7. The number of phenols is 1. The van der Waals surface area contributed by atoms with Crippen LogP contribution in [0.4, 0.5) is 10.1 Å². The molecule has 1 amide bonds. The van der Waals surface area contributed by atoms with Crippen LogP contribution in [-0.4, -0.2) is 18.1 Å². The maximum atomic E-state index is 13.3. The third kappa shape index (κ3) is 3.01. The van der Waals surface area contributed by atoms with E-state index in [1.54, 1.807) is 29.2 Å². The molecule has 3 aromatic carbocycles. The van der Waals surface area contributed by atoms with Crippen LogP contribution in [0.1, 0.15) is 22.6 Å². The molecule has 1 N–H and O–H groups in total. The summed E-state index contributed by atoms with van der Waals surface area (Å²) in [6, 6.07) is 18.6. The second kappa shape index (κ2) is 6.76. The van der Waals surface area contributed by atoms with Crippen LogP contribution < -0.4 is 9.64 Å². The number of fused-ring (bicyclic) bond motifs is 1. The summed E-state index contributed by atoms with van der Waals surface area (Å²) in [7, 11) is 1.52. The zero-order valence-corrected chi connectivity index (χ0v) is 14.7. The van der Waals surface area contributed by atoms with Crippen molar-refractivity contribution in [2.45, 2.75) is 12.5 Å². The zero-order chi connectivity index (χ0) is 19.0. The number of rotatable bonds is 4. The van der Waals surface area contributed by atoms with Crippen molar-refractivity contribution >= 4 is 11.6 Å². The standard InChI is InChI=1S/C22H18FNO3/c1-27-16-10-11-18(20(25)12-16)21-17-4-2-3-5-19(17)24(22(21)26)13-14-6-8-15(23)9-7-14/h2-12,21,25H,13H2,1H3. The number of carbonyl (C=O) groups excluding carboxylic acids is 1. The van der Waals surface area contributed by atoms with Crippen LogP contribution in [0.25, 0.3) is 0 Å². The minimum absolute atomic E-state index is 0.0196. The molecule has 1 aliphatic heterocycles. The summed E-state index contributed by atoms with van der Waals surface area (Å²) >= 11 is 0. The first-order valence-electron chi connectivity index (χ1n) is 8.60. The van der Waals surface area contributed by atoms with Gasteiger partial charge in [0, 0.05) is 17.3 Å². The Morgan fingerprint density at radius 1 is 1.04 bits per heavy atom. The summed E-state index contributed by atoms with van der Waals surface area (Å²) < 4.78 is 18.3. The number of nitrogens with zero attached hydrogens (tertiary/aromatic N) is 1. The third-order valence-electron chi connectivity index (χ3n) is 4.85. The Hall–Kier alpha value is -3.34. The number of anilines is 1. The molecule has 0 aromatic heterocycles. The lowest BCUT2D eigenvalue weighted by Gasteiger charge is -2.18. The number of benzene rings is 3. The van der Waals surface area contributed by atoms with Crippen LogP contribution in [0.5, 0.6) is 11.5 Å². The molecule has 0 fully saturated rings. The number of methoxy groups -OCH3 is 1. The molecule has 4 nitrogen and oxygen atoms in total. The first-order chi connectivity index (χ1) is 13.1. The fraction of sp³-hybridized carbons (Fsp3) is 0.136. The summed E-state index contributed by atoms with van der Waals surface area (Å²) in [5.74, 6) is -0.481. The van der Waals surface area contributed by atoms with E-state index >= 15 is 0 Å². The summed E-state index contributed by atoms with van der Waals surface area (Å²) in [5.41, 5.74) is 3.01. The van der Waals surface area contributed by atoms with Crippen LogP contribution in [0.15, 0.2) is 66.7 Å². The molecule has 27 heavy (non-hydrogen) atoms. The minimum atomic E-state index is -0.590. The lowest BCUT2D eigenvalue weighted by atomic mass is 9.92. The number of carbonyl (C=O) groups is 1. The molecule has 1 heterocycles. The summed E-state index contributed by atoms with van der Waals surface area (Å²) in [5, 5.41) is 10.4. The number of hydrogen-bond donors (Lipinski definition) is 1. The second-order valence-electron chi connectivity index (χ2n) is 6.47. The highest BCUT2D eigenvalue weighted by Gasteiger charge is 2.39. The number of para-hydroxylation sites is 1. The van der Waals surface area contributed by atoms with Crippen molar-refractivity contribution < 1.29 is 19.0 Å². The number of phenolic OH excluding ortho intramolecular Hbond substituents is 1. The van der Waals surface area contributed by atoms with E-state index < -0.39 is 5.92 Å². The van der Waals surface area contributed by atoms with Gasteiger partial charge in [-0.1, -0.05) is 36.4 Å². The Bertz CT molecular complexity index is 1000. The van der Waals surface area contributed by atoms with Gasteiger partial charge in [-0.05, 0) is 35.4 Å². The molecule has 1 unspecified atom stereocenters. The quantitative estimate of drug-likeness (QED) is 0.755. The van der Waals surface area contributed by atoms with Gasteiger partial charge in [0.15, 0.2) is 0 Å². The summed E-state index contributed by atoms with van der Waals surface area (Å²) in [6.07, 6.45) is 0. The Morgan fingerprint density at radius 2 is 1.78 bits per heavy atom. The van der Waals surface area contributed by atoms with Crippen molar-refractivity contribution in [1.82, 2.24) is 0 Å². The van der Waals surface area contributed by atoms with Crippen LogP contribution in [0, 0.1) is 5.82 Å². The van der Waals surface area contributed by atoms with E-state index in [9.17, 15) is 14.3 Å². The number of halogens is 1. The van der Waals surface area contributed by atoms with Gasteiger partial charge in [0.05, 0.1) is 19.6 Å². The lowest BCUT2D eigenvalue weighted by Crippen LogP contribution is -2.28. The van der Waals surface area contributed by atoms with Gasteiger partial charge in [-0.3, -0.25) is 4.79 Å². The van der Waals surface area contributed by atoms with E-state index in [1.807, 2.05) is 24.3 Å². The van der Waals surface area contributed by atoms with Gasteiger partial charge in [-0.15, -0.1) is 0 Å². The smallest absolute Gasteiger partial charge is 0.239 e. The molecular formula is C22H18FNO3. The van der Waals surface area contributed by atoms with E-state index in [4.69, 9.17) is 4.74 Å². The zero-order valence-electron chi connectivity index (χ0n) is 14.7. The van der Waals surface area contributed by atoms with Crippen molar-refractivity contribution in [2.24, 2.45) is 0 Å². The fourth-order valence-corrected chi connectivity index (χ4v) is 3.52. The molecule has 0 saturated heterocycles. The van der Waals surface area contributed by atoms with E-state index in [2.05, 4.69) is 0 Å². The monoisotopic (exact) mass is 363 g/mol. The Labute approximate surface area is 156 Å². The topological polar surface area (TPSA) is 49.8 Å². The van der Waals surface area contributed by atoms with Gasteiger partial charge in [0.2, 0.25) is 5.91 Å². The molecule has 4 rings (SSSR count). The van der Waals surface area contributed by atoms with E-state index in [0.29, 0.717) is 17.9 Å². The Balaban J connectivity index is 1.74. The molecule has 0 spiro atoms. The van der Waals surface area contributed by atoms with Gasteiger partial charge in [-0.25, -0.2) is 4.39 Å². The van der Waals surface area contributed by atoms with Crippen LogP contribution in [-0.2, 0) is 11.3 Å². The number of amides is 1. The lowest BCUT2D eigenvalue weighted by molar-refractivity contribution is -0.118. The van der Waals surface area contributed by atoms with E-state index in [1.165, 1.54) is 25.3 Å². The largest absolute Gasteiger partial charge is 0.507 e. The van der Waals surface area contributed by atoms with Crippen LogP contribution in [0.3, 0.4) is 0 Å². The molecule has 3 aromatic rings. The van der Waals surface area contributed by atoms with Crippen molar-refractivity contribution in [3.63, 3.8) is 0 Å². The fourth-order valence-electron chi connectivity index (χ4n) is 3.52. The van der Waals surface area contributed by atoms with Crippen molar-refractivity contribution in [3.8, 4) is 11.5 Å². The number of ether oxygens (including phenoxy) is 1. The average molecular weight is 363 g/mol. The van der Waals surface area contributed by atoms with Gasteiger partial charge >= 0.3 is 0 Å². The molecule has 1 atom stereocenters.